The van der Waals surface area contributed by atoms with E-state index >= 15 is 0 Å². The van der Waals surface area contributed by atoms with Crippen molar-refractivity contribution in [1.82, 2.24) is 0 Å². The molecule has 0 saturated heterocycles. The number of benzene rings is 2. The molecule has 3 aromatic rings. The Morgan fingerprint density at radius 1 is 1.05 bits per heavy atom. The van der Waals surface area contributed by atoms with Gasteiger partial charge in [-0.3, -0.25) is 0 Å². The van der Waals surface area contributed by atoms with Crippen molar-refractivity contribution in [3.63, 3.8) is 0 Å². The van der Waals surface area contributed by atoms with Gasteiger partial charge in [0.1, 0.15) is 5.82 Å². The number of hydrogen-bond acceptors (Lipinski definition) is 2. The smallest absolute Gasteiger partial charge is 0.182 e. The van der Waals surface area contributed by atoms with Crippen LogP contribution in [0.15, 0.2) is 24.3 Å². The highest BCUT2D eigenvalue weighted by Gasteiger charge is 2.23. The molecule has 1 aromatic heterocycles. The molecule has 1 aliphatic rings. The normalized spacial score (nSPS) is 15.0. The standard InChI is InChI=1S/C17H14F2OS/c1-9-2-5-11-12-6-7-13(20-8-10-3-4-10)15(19)17(12)21-16(11)14(9)18/h2,5-7,10H,3-4,8H2,1H3. The van der Waals surface area contributed by atoms with Crippen LogP contribution < -0.4 is 4.74 Å². The fraction of sp³-hybridized carbons (Fsp3) is 0.294. The third-order valence-electron chi connectivity index (χ3n) is 4.02. The minimum atomic E-state index is -0.369. The zero-order valence-corrected chi connectivity index (χ0v) is 12.4. The summed E-state index contributed by atoms with van der Waals surface area (Å²) in [6.07, 6.45) is 2.33. The van der Waals surface area contributed by atoms with Gasteiger partial charge in [-0.05, 0) is 43.4 Å². The Kier molecular flexibility index (Phi) is 2.89. The van der Waals surface area contributed by atoms with Crippen molar-refractivity contribution in [1.29, 1.82) is 0 Å². The molecule has 0 amide bonds. The fourth-order valence-electron chi connectivity index (χ4n) is 2.52. The maximum absolute atomic E-state index is 14.6. The number of aryl methyl sites for hydroxylation is 1. The van der Waals surface area contributed by atoms with Gasteiger partial charge in [-0.15, -0.1) is 11.3 Å². The molecule has 0 aliphatic heterocycles. The van der Waals surface area contributed by atoms with Crippen molar-refractivity contribution >= 4 is 31.5 Å². The summed E-state index contributed by atoms with van der Waals surface area (Å²) in [7, 11) is 0. The lowest BCUT2D eigenvalue weighted by Gasteiger charge is -2.06. The lowest BCUT2D eigenvalue weighted by Crippen LogP contribution is -2.00. The number of rotatable bonds is 3. The molecule has 0 atom stereocenters. The first-order valence-corrected chi connectivity index (χ1v) is 7.89. The highest BCUT2D eigenvalue weighted by Crippen LogP contribution is 2.40. The second kappa shape index (κ2) is 4.67. The number of thiophene rings is 1. The Labute approximate surface area is 125 Å². The summed E-state index contributed by atoms with van der Waals surface area (Å²) in [6, 6.07) is 7.08. The SMILES string of the molecule is Cc1ccc2c(sc3c(F)c(OCC4CC4)ccc32)c1F. The Balaban J connectivity index is 1.88. The van der Waals surface area contributed by atoms with Crippen molar-refractivity contribution in [2.24, 2.45) is 5.92 Å². The van der Waals surface area contributed by atoms with Crippen LogP contribution in [0.3, 0.4) is 0 Å². The lowest BCUT2D eigenvalue weighted by atomic mass is 10.1. The topological polar surface area (TPSA) is 9.23 Å². The molecule has 1 saturated carbocycles. The Bertz CT molecular complexity index is 849. The molecule has 1 aliphatic carbocycles. The highest BCUT2D eigenvalue weighted by molar-refractivity contribution is 7.25. The molecule has 1 heterocycles. The van der Waals surface area contributed by atoms with Gasteiger partial charge in [-0.2, -0.15) is 0 Å². The molecule has 0 bridgehead atoms. The van der Waals surface area contributed by atoms with E-state index in [0.29, 0.717) is 27.5 Å². The van der Waals surface area contributed by atoms with E-state index in [1.807, 2.05) is 12.1 Å². The second-order valence-electron chi connectivity index (χ2n) is 5.68. The molecule has 4 rings (SSSR count). The molecule has 0 radical (unpaired) electrons. The average Bonchev–Trinajstić information content (AvgIpc) is 3.22. The van der Waals surface area contributed by atoms with E-state index in [-0.39, 0.29) is 17.4 Å². The Hall–Kier alpha value is -1.68. The van der Waals surface area contributed by atoms with Crippen LogP contribution in [0.4, 0.5) is 8.78 Å². The number of hydrogen-bond donors (Lipinski definition) is 0. The zero-order chi connectivity index (χ0) is 14.6. The van der Waals surface area contributed by atoms with E-state index in [1.54, 1.807) is 19.1 Å². The summed E-state index contributed by atoms with van der Waals surface area (Å²) < 4.78 is 35.3. The van der Waals surface area contributed by atoms with Crippen LogP contribution in [0, 0.1) is 24.5 Å². The van der Waals surface area contributed by atoms with E-state index in [0.717, 1.165) is 35.0 Å². The van der Waals surface area contributed by atoms with Crippen LogP contribution in [-0.4, -0.2) is 6.61 Å². The van der Waals surface area contributed by atoms with Gasteiger partial charge in [0.05, 0.1) is 16.0 Å². The third-order valence-corrected chi connectivity index (χ3v) is 5.22. The van der Waals surface area contributed by atoms with Crippen LogP contribution in [0.2, 0.25) is 0 Å². The monoisotopic (exact) mass is 304 g/mol. The minimum Gasteiger partial charge on any atom is -0.490 e. The Morgan fingerprint density at radius 2 is 1.71 bits per heavy atom. The molecular weight excluding hydrogens is 290 g/mol. The van der Waals surface area contributed by atoms with Crippen molar-refractivity contribution in [2.45, 2.75) is 19.8 Å². The van der Waals surface area contributed by atoms with Gasteiger partial charge >= 0.3 is 0 Å². The first kappa shape index (κ1) is 13.0. The summed E-state index contributed by atoms with van der Waals surface area (Å²) in [5, 5.41) is 1.52. The lowest BCUT2D eigenvalue weighted by molar-refractivity contribution is 0.286. The minimum absolute atomic E-state index is 0.256. The number of halogens is 2. The van der Waals surface area contributed by atoms with Crippen molar-refractivity contribution in [3.05, 3.63) is 41.5 Å². The van der Waals surface area contributed by atoms with E-state index in [9.17, 15) is 8.78 Å². The molecule has 4 heteroatoms. The van der Waals surface area contributed by atoms with Crippen LogP contribution in [0.1, 0.15) is 18.4 Å². The van der Waals surface area contributed by atoms with Crippen LogP contribution in [0.25, 0.3) is 20.2 Å². The summed E-state index contributed by atoms with van der Waals surface area (Å²) in [6.45, 7) is 2.29. The van der Waals surface area contributed by atoms with E-state index < -0.39 is 0 Å². The van der Waals surface area contributed by atoms with Crippen LogP contribution >= 0.6 is 11.3 Å². The van der Waals surface area contributed by atoms with Crippen LogP contribution in [-0.2, 0) is 0 Å². The average molecular weight is 304 g/mol. The van der Waals surface area contributed by atoms with Gasteiger partial charge in [0.25, 0.3) is 0 Å². The van der Waals surface area contributed by atoms with E-state index in [1.165, 1.54) is 0 Å². The predicted octanol–water partition coefficient (Wildman–Crippen LogP) is 5.43. The van der Waals surface area contributed by atoms with E-state index in [4.69, 9.17) is 4.74 Å². The quantitative estimate of drug-likeness (QED) is 0.627. The second-order valence-corrected chi connectivity index (χ2v) is 6.70. The van der Waals surface area contributed by atoms with Gasteiger partial charge in [-0.1, -0.05) is 12.1 Å². The first-order valence-electron chi connectivity index (χ1n) is 7.08. The number of ether oxygens (including phenoxy) is 1. The van der Waals surface area contributed by atoms with Crippen LogP contribution in [0.5, 0.6) is 5.75 Å². The number of fused-ring (bicyclic) bond motifs is 3. The van der Waals surface area contributed by atoms with Gasteiger partial charge in [-0.25, -0.2) is 8.78 Å². The Morgan fingerprint density at radius 3 is 2.43 bits per heavy atom. The fourth-order valence-corrected chi connectivity index (χ4v) is 3.74. The third kappa shape index (κ3) is 2.09. The predicted molar refractivity (Wildman–Crippen MR) is 82.2 cm³/mol. The molecular formula is C17H14F2OS. The molecule has 21 heavy (non-hydrogen) atoms. The first-order chi connectivity index (χ1) is 10.1. The molecule has 1 fully saturated rings. The summed E-state index contributed by atoms with van der Waals surface area (Å²) in [5.41, 5.74) is 0.583. The molecule has 0 spiro atoms. The molecule has 0 unspecified atom stereocenters. The van der Waals surface area contributed by atoms with E-state index in [2.05, 4.69) is 0 Å². The van der Waals surface area contributed by atoms with Crippen molar-refractivity contribution < 1.29 is 13.5 Å². The van der Waals surface area contributed by atoms with Crippen molar-refractivity contribution in [2.75, 3.05) is 6.61 Å². The van der Waals surface area contributed by atoms with Gasteiger partial charge in [0, 0.05) is 10.8 Å². The molecule has 0 N–H and O–H groups in total. The summed E-state index contributed by atoms with van der Waals surface area (Å²) in [4.78, 5) is 0. The molecule has 108 valence electrons. The largest absolute Gasteiger partial charge is 0.490 e. The van der Waals surface area contributed by atoms with Gasteiger partial charge < -0.3 is 4.74 Å². The highest BCUT2D eigenvalue weighted by atomic mass is 32.1. The maximum Gasteiger partial charge on any atom is 0.182 e. The van der Waals surface area contributed by atoms with Gasteiger partial charge in [0.15, 0.2) is 11.6 Å². The molecule has 1 nitrogen and oxygen atoms in total. The summed E-state index contributed by atoms with van der Waals surface area (Å²) in [5.74, 6) is 0.223. The summed E-state index contributed by atoms with van der Waals surface area (Å²) >= 11 is 1.16. The maximum atomic E-state index is 14.6. The van der Waals surface area contributed by atoms with Crippen molar-refractivity contribution in [3.8, 4) is 5.75 Å². The molecule has 2 aromatic carbocycles. The van der Waals surface area contributed by atoms with Gasteiger partial charge in [0.2, 0.25) is 0 Å². The zero-order valence-electron chi connectivity index (χ0n) is 11.6.